The summed E-state index contributed by atoms with van der Waals surface area (Å²) in [6, 6.07) is 10.8. The van der Waals surface area contributed by atoms with Crippen molar-refractivity contribution in [2.24, 2.45) is 0 Å². The maximum atomic E-state index is 12.5. The predicted octanol–water partition coefficient (Wildman–Crippen LogP) is 0.607. The summed E-state index contributed by atoms with van der Waals surface area (Å²) in [6.07, 6.45) is 0. The van der Waals surface area contributed by atoms with Gasteiger partial charge in [-0.15, -0.1) is 11.3 Å². The molecule has 0 saturated carbocycles. The summed E-state index contributed by atoms with van der Waals surface area (Å²) < 4.78 is 26.9. The molecule has 1 aliphatic heterocycles. The molecular weight excluding hydrogens is 394 g/mol. The van der Waals surface area contributed by atoms with E-state index in [1.807, 2.05) is 18.2 Å². The third-order valence-corrected chi connectivity index (χ3v) is 8.00. The van der Waals surface area contributed by atoms with Gasteiger partial charge in [0, 0.05) is 11.6 Å². The highest BCUT2D eigenvalue weighted by Crippen LogP contribution is 2.20. The molecule has 26 heavy (non-hydrogen) atoms. The summed E-state index contributed by atoms with van der Waals surface area (Å²) >= 11 is 7.31. The highest BCUT2D eigenvalue weighted by Gasteiger charge is 2.31. The van der Waals surface area contributed by atoms with E-state index >= 15 is 0 Å². The van der Waals surface area contributed by atoms with Crippen LogP contribution in [0.1, 0.15) is 5.56 Å². The molecule has 2 N–H and O–H groups in total. The molecule has 9 heteroatoms. The molecule has 2 aromatic rings. The van der Waals surface area contributed by atoms with Gasteiger partial charge < -0.3 is 10.2 Å². The highest BCUT2D eigenvalue weighted by atomic mass is 35.5. The minimum atomic E-state index is -3.40. The van der Waals surface area contributed by atoms with E-state index in [4.69, 9.17) is 11.6 Å². The Morgan fingerprint density at radius 2 is 1.92 bits per heavy atom. The number of sulfonamides is 1. The van der Waals surface area contributed by atoms with Crippen molar-refractivity contribution >= 4 is 38.9 Å². The van der Waals surface area contributed by atoms with Crippen LogP contribution in [0.3, 0.4) is 0 Å². The number of rotatable bonds is 6. The van der Waals surface area contributed by atoms with Gasteiger partial charge in [-0.3, -0.25) is 4.79 Å². The molecule has 0 atom stereocenters. The molecule has 0 aliphatic carbocycles. The van der Waals surface area contributed by atoms with Gasteiger partial charge in [0.15, 0.2) is 6.54 Å². The Bertz CT molecular complexity index is 848. The van der Waals surface area contributed by atoms with Gasteiger partial charge >= 0.3 is 0 Å². The van der Waals surface area contributed by atoms with E-state index in [-0.39, 0.29) is 5.91 Å². The number of nitrogens with zero attached hydrogens (tertiary/aromatic N) is 1. The molecule has 6 nitrogen and oxygen atoms in total. The first-order valence-corrected chi connectivity index (χ1v) is 11.0. The molecule has 0 radical (unpaired) electrons. The smallest absolute Gasteiger partial charge is 0.275 e. The largest absolute Gasteiger partial charge is 0.347 e. The van der Waals surface area contributed by atoms with Crippen LogP contribution < -0.4 is 10.2 Å². The SMILES string of the molecule is O=C(C[NH+]1CCN(S(=O)(=O)c2cccs2)CC1)NCc1ccccc1Cl. The number of carbonyl (C=O) groups excluding carboxylic acids is 1. The minimum absolute atomic E-state index is 0.0607. The Morgan fingerprint density at radius 1 is 1.19 bits per heavy atom. The molecule has 0 bridgehead atoms. The summed E-state index contributed by atoms with van der Waals surface area (Å²) in [5.41, 5.74) is 0.879. The average molecular weight is 415 g/mol. The predicted molar refractivity (Wildman–Crippen MR) is 102 cm³/mol. The molecule has 1 aromatic heterocycles. The fourth-order valence-electron chi connectivity index (χ4n) is 2.88. The molecule has 0 spiro atoms. The molecular formula is C17H21ClN3O3S2+. The summed E-state index contributed by atoms with van der Waals surface area (Å²) in [4.78, 5) is 13.2. The van der Waals surface area contributed by atoms with E-state index in [0.717, 1.165) is 10.5 Å². The lowest BCUT2D eigenvalue weighted by Gasteiger charge is -2.30. The van der Waals surface area contributed by atoms with Crippen molar-refractivity contribution in [2.75, 3.05) is 32.7 Å². The molecule has 140 valence electrons. The number of carbonyl (C=O) groups is 1. The van der Waals surface area contributed by atoms with Crippen molar-refractivity contribution in [2.45, 2.75) is 10.8 Å². The normalized spacial score (nSPS) is 16.5. The van der Waals surface area contributed by atoms with E-state index in [2.05, 4.69) is 5.32 Å². The van der Waals surface area contributed by atoms with Crippen LogP contribution in [0, 0.1) is 0 Å². The topological polar surface area (TPSA) is 70.9 Å². The number of nitrogens with one attached hydrogen (secondary N) is 2. The van der Waals surface area contributed by atoms with Crippen LogP contribution in [0.25, 0.3) is 0 Å². The number of amides is 1. The van der Waals surface area contributed by atoms with Crippen LogP contribution >= 0.6 is 22.9 Å². The van der Waals surface area contributed by atoms with Gasteiger partial charge in [-0.2, -0.15) is 4.31 Å². The first kappa shape index (κ1) is 19.3. The molecule has 1 saturated heterocycles. The number of piperazine rings is 1. The van der Waals surface area contributed by atoms with Crippen molar-refractivity contribution in [3.05, 3.63) is 52.4 Å². The van der Waals surface area contributed by atoms with Gasteiger partial charge in [-0.05, 0) is 23.1 Å². The molecule has 3 rings (SSSR count). The van der Waals surface area contributed by atoms with Crippen LogP contribution in [-0.2, 0) is 21.4 Å². The number of halogens is 1. The first-order valence-electron chi connectivity index (χ1n) is 8.34. The molecule has 1 aliphatic rings. The second-order valence-corrected chi connectivity index (χ2v) is 9.65. The van der Waals surface area contributed by atoms with Crippen molar-refractivity contribution in [3.63, 3.8) is 0 Å². The van der Waals surface area contributed by atoms with Gasteiger partial charge in [0.05, 0.1) is 26.2 Å². The number of hydrogen-bond acceptors (Lipinski definition) is 4. The van der Waals surface area contributed by atoms with Gasteiger partial charge in [0.2, 0.25) is 0 Å². The Kier molecular flexibility index (Phi) is 6.31. The van der Waals surface area contributed by atoms with Crippen LogP contribution in [-0.4, -0.2) is 51.4 Å². The summed E-state index contributed by atoms with van der Waals surface area (Å²) in [6.45, 7) is 2.80. The number of benzene rings is 1. The first-order chi connectivity index (χ1) is 12.5. The Hall–Kier alpha value is -1.45. The number of thiophene rings is 1. The zero-order chi connectivity index (χ0) is 18.6. The molecule has 1 aromatic carbocycles. The third-order valence-electron chi connectivity index (χ3n) is 4.36. The lowest BCUT2D eigenvalue weighted by Crippen LogP contribution is -3.15. The Balaban J connectivity index is 1.47. The lowest BCUT2D eigenvalue weighted by atomic mass is 10.2. The van der Waals surface area contributed by atoms with Gasteiger partial charge in [-0.25, -0.2) is 8.42 Å². The highest BCUT2D eigenvalue weighted by molar-refractivity contribution is 7.91. The van der Waals surface area contributed by atoms with E-state index in [1.165, 1.54) is 15.6 Å². The molecule has 1 amide bonds. The van der Waals surface area contributed by atoms with Gasteiger partial charge in [-0.1, -0.05) is 35.9 Å². The van der Waals surface area contributed by atoms with E-state index in [0.29, 0.717) is 48.5 Å². The molecule has 2 heterocycles. The van der Waals surface area contributed by atoms with E-state index in [9.17, 15) is 13.2 Å². The summed E-state index contributed by atoms with van der Waals surface area (Å²) in [7, 11) is -3.40. The fourth-order valence-corrected chi connectivity index (χ4v) is 5.67. The molecule has 1 fully saturated rings. The molecule has 0 unspecified atom stereocenters. The van der Waals surface area contributed by atoms with Crippen molar-refractivity contribution in [1.82, 2.24) is 9.62 Å². The van der Waals surface area contributed by atoms with Gasteiger partial charge in [0.1, 0.15) is 4.21 Å². The maximum absolute atomic E-state index is 12.5. The third kappa shape index (κ3) is 4.63. The second-order valence-electron chi connectivity index (χ2n) is 6.13. The van der Waals surface area contributed by atoms with Crippen molar-refractivity contribution in [3.8, 4) is 0 Å². The summed E-state index contributed by atoms with van der Waals surface area (Å²) in [5, 5.41) is 5.27. The van der Waals surface area contributed by atoms with E-state index in [1.54, 1.807) is 23.6 Å². The van der Waals surface area contributed by atoms with Crippen molar-refractivity contribution in [1.29, 1.82) is 0 Å². The quantitative estimate of drug-likeness (QED) is 0.727. The Labute approximate surface area is 162 Å². The number of hydrogen-bond donors (Lipinski definition) is 2. The lowest BCUT2D eigenvalue weighted by molar-refractivity contribution is -0.895. The van der Waals surface area contributed by atoms with Crippen LogP contribution in [0.2, 0.25) is 5.02 Å². The average Bonchev–Trinajstić information content (AvgIpc) is 3.17. The zero-order valence-corrected chi connectivity index (χ0v) is 16.5. The Morgan fingerprint density at radius 3 is 2.58 bits per heavy atom. The fraction of sp³-hybridized carbons (Fsp3) is 0.353. The monoisotopic (exact) mass is 414 g/mol. The maximum Gasteiger partial charge on any atom is 0.275 e. The van der Waals surface area contributed by atoms with Crippen molar-refractivity contribution < 1.29 is 18.1 Å². The standard InChI is InChI=1S/C17H20ClN3O3S2/c18-15-5-2-1-4-14(15)12-19-16(22)13-20-7-9-21(10-8-20)26(23,24)17-6-3-11-25-17/h1-6,11H,7-10,12-13H2,(H,19,22)/p+1. The van der Waals surface area contributed by atoms with E-state index < -0.39 is 10.0 Å². The second kappa shape index (κ2) is 8.49. The van der Waals surface area contributed by atoms with Crippen LogP contribution in [0.5, 0.6) is 0 Å². The van der Waals surface area contributed by atoms with Crippen LogP contribution in [0.4, 0.5) is 0 Å². The van der Waals surface area contributed by atoms with Gasteiger partial charge in [0.25, 0.3) is 15.9 Å². The summed E-state index contributed by atoms with van der Waals surface area (Å²) in [5.74, 6) is -0.0607. The number of quaternary nitrogens is 1. The zero-order valence-electron chi connectivity index (χ0n) is 14.2. The van der Waals surface area contributed by atoms with Crippen LogP contribution in [0.15, 0.2) is 46.0 Å². The minimum Gasteiger partial charge on any atom is -0.347 e.